The predicted molar refractivity (Wildman–Crippen MR) is 80.9 cm³/mol. The summed E-state index contributed by atoms with van der Waals surface area (Å²) in [5.74, 6) is -0.799. The van der Waals surface area contributed by atoms with Crippen LogP contribution in [0, 0.1) is 11.6 Å². The van der Waals surface area contributed by atoms with Gasteiger partial charge in [-0.1, -0.05) is 17.7 Å². The van der Waals surface area contributed by atoms with E-state index in [-0.39, 0.29) is 128 Å². The minimum absolute atomic E-state index is 0. The fourth-order valence-electron chi connectivity index (χ4n) is 2.51. The van der Waals surface area contributed by atoms with E-state index in [1.165, 1.54) is 12.1 Å². The Hall–Kier alpha value is 1.30. The Morgan fingerprint density at radius 3 is 2.11 bits per heavy atom. The molecule has 2 aromatic rings. The summed E-state index contributed by atoms with van der Waals surface area (Å²) in [5.41, 5.74) is 1.49. The van der Waals surface area contributed by atoms with Crippen LogP contribution < -0.4 is 114 Å². The first-order valence-corrected chi connectivity index (χ1v) is 7.02. The average Bonchev–Trinajstić information content (AvgIpc) is 3.09. The van der Waals surface area contributed by atoms with Gasteiger partial charge in [0.25, 0.3) is 0 Å². The van der Waals surface area contributed by atoms with Crippen molar-refractivity contribution < 1.29 is 145 Å². The van der Waals surface area contributed by atoms with E-state index in [1.54, 1.807) is 6.07 Å². The van der Waals surface area contributed by atoms with E-state index in [0.29, 0.717) is 12.1 Å². The normalized spacial score (nSPS) is 15.0. The molecule has 13 heteroatoms. The second kappa shape index (κ2) is 12.9. The molecule has 0 saturated carbocycles. The third-order valence-corrected chi connectivity index (χ3v) is 3.68. The molecule has 136 valence electrons. The van der Waals surface area contributed by atoms with Crippen molar-refractivity contribution in [1.29, 1.82) is 0 Å². The molecule has 2 heterocycles. The van der Waals surface area contributed by atoms with Crippen LogP contribution >= 0.6 is 0 Å². The molecule has 1 N–H and O–H groups in total. The van der Waals surface area contributed by atoms with Crippen LogP contribution in [0.5, 0.6) is 0 Å². The molecule has 0 spiro atoms. The molecule has 0 amide bonds. The summed E-state index contributed by atoms with van der Waals surface area (Å²) in [4.78, 5) is 0. The van der Waals surface area contributed by atoms with Crippen LogP contribution in [-0.2, 0) is 22.5 Å². The van der Waals surface area contributed by atoms with Gasteiger partial charge in [0.05, 0.1) is 6.61 Å². The van der Waals surface area contributed by atoms with E-state index >= 15 is 0 Å². The van der Waals surface area contributed by atoms with Crippen LogP contribution in [0.4, 0.5) is 26.6 Å². The molecular formula is C14H12B2F6K2O3. The van der Waals surface area contributed by atoms with Gasteiger partial charge in [-0.25, -0.2) is 8.78 Å². The Bertz CT molecular complexity index is 763. The summed E-state index contributed by atoms with van der Waals surface area (Å²) in [7, 11) is -0.870. The SMILES string of the molecule is FF.Fc1ccc2c(c1)CO[B-]2(F)F.OB1OCc2cc(F)ccc21.[H-].[K+].[K+]. The maximum absolute atomic E-state index is 12.8. The van der Waals surface area contributed by atoms with Crippen LogP contribution in [-0.4, -0.2) is 19.0 Å². The van der Waals surface area contributed by atoms with Crippen molar-refractivity contribution in [2.75, 3.05) is 0 Å². The molecule has 0 aliphatic carbocycles. The number of hydrogen-bond acceptors (Lipinski definition) is 3. The van der Waals surface area contributed by atoms with Crippen molar-refractivity contribution in [3.8, 4) is 0 Å². The molecule has 2 aliphatic rings. The Balaban J connectivity index is 0. The summed E-state index contributed by atoms with van der Waals surface area (Å²) in [6.45, 7) is -3.77. The first-order valence-electron chi connectivity index (χ1n) is 7.02. The summed E-state index contributed by atoms with van der Waals surface area (Å²) in [6, 6.07) is 7.42. The fraction of sp³-hybridized carbons (Fsp3) is 0.143. The van der Waals surface area contributed by atoms with Crippen LogP contribution in [0.2, 0.25) is 0 Å². The number of fused-ring (bicyclic) bond motifs is 2. The van der Waals surface area contributed by atoms with Crippen molar-refractivity contribution in [2.45, 2.75) is 13.2 Å². The molecule has 0 unspecified atom stereocenters. The zero-order chi connectivity index (χ0) is 18.6. The molecule has 2 aromatic carbocycles. The van der Waals surface area contributed by atoms with Gasteiger partial charge in [-0.3, -0.25) is 0 Å². The minimum Gasteiger partial charge on any atom is -1.00 e. The molecule has 2 aliphatic heterocycles. The van der Waals surface area contributed by atoms with Crippen molar-refractivity contribution in [3.05, 3.63) is 59.2 Å². The van der Waals surface area contributed by atoms with Crippen LogP contribution in [0.25, 0.3) is 0 Å². The smallest absolute Gasteiger partial charge is 1.00 e. The first-order chi connectivity index (χ1) is 11.9. The van der Waals surface area contributed by atoms with Crippen LogP contribution in [0.3, 0.4) is 0 Å². The largest absolute Gasteiger partial charge is 1.00 e. The minimum atomic E-state index is -3.88. The molecule has 0 bridgehead atoms. The molecule has 0 aromatic heterocycles. The second-order valence-corrected chi connectivity index (χ2v) is 5.26. The van der Waals surface area contributed by atoms with Crippen molar-refractivity contribution in [1.82, 2.24) is 0 Å². The van der Waals surface area contributed by atoms with Gasteiger partial charge < -0.3 is 24.4 Å². The Kier molecular flexibility index (Phi) is 13.5. The molecule has 0 atom stereocenters. The van der Waals surface area contributed by atoms with E-state index in [2.05, 4.69) is 4.65 Å². The van der Waals surface area contributed by atoms with E-state index in [0.717, 1.165) is 23.8 Å². The monoisotopic (exact) mass is 442 g/mol. The Morgan fingerprint density at radius 2 is 1.48 bits per heavy atom. The van der Waals surface area contributed by atoms with Gasteiger partial charge >= 0.3 is 117 Å². The standard InChI is InChI=1S/C7H5BF3O.C7H6BFO2.F2.2K.H/c9-6-1-2-7-5(3-6)4-12-8(7,10)11;9-6-1-2-7-5(3-6)4-11-8(7)10;1-2;;;/h1-3H,4H2;1-3,10H,4H2;;;;/q-1;;;2*+1;-1. The fourth-order valence-corrected chi connectivity index (χ4v) is 2.51. The third kappa shape index (κ3) is 7.49. The second-order valence-electron chi connectivity index (χ2n) is 5.26. The number of rotatable bonds is 0. The van der Waals surface area contributed by atoms with Gasteiger partial charge in [-0.2, -0.15) is 0 Å². The van der Waals surface area contributed by atoms with Crippen LogP contribution in [0.1, 0.15) is 12.6 Å². The van der Waals surface area contributed by atoms with Gasteiger partial charge in [0.15, 0.2) is 0 Å². The molecule has 4 rings (SSSR count). The van der Waals surface area contributed by atoms with Crippen LogP contribution in [0.15, 0.2) is 36.4 Å². The Morgan fingerprint density at radius 1 is 0.926 bits per heavy atom. The number of hydrogen-bond donors (Lipinski definition) is 1. The van der Waals surface area contributed by atoms with Crippen molar-refractivity contribution >= 4 is 24.9 Å². The zero-order valence-corrected chi connectivity index (χ0v) is 20.8. The van der Waals surface area contributed by atoms with Gasteiger partial charge in [-0.15, -0.1) is 5.46 Å². The maximum Gasteiger partial charge on any atom is 1.00 e. The maximum atomic E-state index is 12.8. The first kappa shape index (κ1) is 28.3. The van der Waals surface area contributed by atoms with E-state index < -0.39 is 19.8 Å². The van der Waals surface area contributed by atoms with E-state index in [4.69, 9.17) is 18.8 Å². The summed E-state index contributed by atoms with van der Waals surface area (Å²) in [5, 5.41) is 9.13. The molecule has 0 saturated heterocycles. The van der Waals surface area contributed by atoms with Crippen molar-refractivity contribution in [2.24, 2.45) is 0 Å². The topological polar surface area (TPSA) is 38.7 Å². The average molecular weight is 442 g/mol. The van der Waals surface area contributed by atoms with Gasteiger partial charge in [0.1, 0.15) is 11.6 Å². The summed E-state index contributed by atoms with van der Waals surface area (Å²) >= 11 is 0. The quantitative estimate of drug-likeness (QED) is 0.340. The van der Waals surface area contributed by atoms with E-state index in [1.807, 2.05) is 0 Å². The van der Waals surface area contributed by atoms with E-state index in [9.17, 15) is 17.4 Å². The Labute approximate surface area is 238 Å². The third-order valence-electron chi connectivity index (χ3n) is 3.68. The predicted octanol–water partition coefficient (Wildman–Crippen LogP) is -3.55. The molecular weight excluding hydrogens is 430 g/mol. The molecule has 3 nitrogen and oxygen atoms in total. The van der Waals surface area contributed by atoms with Gasteiger partial charge in [0, 0.05) is 15.8 Å². The summed E-state index contributed by atoms with van der Waals surface area (Å²) < 4.78 is 75.7. The molecule has 0 radical (unpaired) electrons. The molecule has 27 heavy (non-hydrogen) atoms. The van der Waals surface area contributed by atoms with Crippen molar-refractivity contribution in [3.63, 3.8) is 0 Å². The number of halogens is 6. The number of benzene rings is 2. The van der Waals surface area contributed by atoms with Gasteiger partial charge in [0.2, 0.25) is 0 Å². The zero-order valence-electron chi connectivity index (χ0n) is 15.6. The van der Waals surface area contributed by atoms with Gasteiger partial charge in [-0.05, 0) is 35.3 Å². The molecule has 0 fully saturated rings. The summed E-state index contributed by atoms with van der Waals surface area (Å²) in [6.07, 6.45) is 0.